The first kappa shape index (κ1) is 12.1. The first-order valence-electron chi connectivity index (χ1n) is 5.67. The number of benzene rings is 1. The maximum absolute atomic E-state index is 12.0. The molecule has 3 N–H and O–H groups in total. The molecule has 0 radical (unpaired) electrons. The van der Waals surface area contributed by atoms with Gasteiger partial charge >= 0.3 is 0 Å². The van der Waals surface area contributed by atoms with Crippen molar-refractivity contribution in [2.75, 3.05) is 11.1 Å². The number of rotatable bonds is 2. The Morgan fingerprint density at radius 3 is 2.39 bits per heavy atom. The van der Waals surface area contributed by atoms with E-state index in [1.165, 1.54) is 0 Å². The lowest BCUT2D eigenvalue weighted by atomic mass is 10.1. The molecule has 1 amide bonds. The molecule has 1 aromatic carbocycles. The zero-order chi connectivity index (χ0) is 13.1. The third-order valence-electron chi connectivity index (χ3n) is 2.64. The summed E-state index contributed by atoms with van der Waals surface area (Å²) in [7, 11) is 0. The van der Waals surface area contributed by atoms with Gasteiger partial charge in [0, 0.05) is 17.1 Å². The maximum atomic E-state index is 12.0. The van der Waals surface area contributed by atoms with Crippen LogP contribution in [0, 0.1) is 13.8 Å². The van der Waals surface area contributed by atoms with Gasteiger partial charge in [-0.15, -0.1) is 0 Å². The van der Waals surface area contributed by atoms with Crippen LogP contribution >= 0.6 is 0 Å². The van der Waals surface area contributed by atoms with Gasteiger partial charge in [-0.05, 0) is 50.2 Å². The highest BCUT2D eigenvalue weighted by Crippen LogP contribution is 2.13. The Balaban J connectivity index is 2.19. The van der Waals surface area contributed by atoms with Gasteiger partial charge in [-0.1, -0.05) is 0 Å². The van der Waals surface area contributed by atoms with E-state index >= 15 is 0 Å². The van der Waals surface area contributed by atoms with E-state index in [0.717, 1.165) is 11.4 Å². The number of hydrogen-bond acceptors (Lipinski definition) is 3. The van der Waals surface area contributed by atoms with Crippen LogP contribution in [0.1, 0.15) is 21.7 Å². The van der Waals surface area contributed by atoms with Gasteiger partial charge in [0.1, 0.15) is 0 Å². The van der Waals surface area contributed by atoms with Crippen molar-refractivity contribution in [3.8, 4) is 0 Å². The van der Waals surface area contributed by atoms with E-state index in [4.69, 9.17) is 5.73 Å². The van der Waals surface area contributed by atoms with Gasteiger partial charge < -0.3 is 11.1 Å². The van der Waals surface area contributed by atoms with E-state index < -0.39 is 0 Å². The molecule has 0 bridgehead atoms. The summed E-state index contributed by atoms with van der Waals surface area (Å²) in [6.45, 7) is 3.72. The quantitative estimate of drug-likeness (QED) is 0.794. The molecular formula is C14H15N3O. The lowest BCUT2D eigenvalue weighted by molar-refractivity contribution is 0.102. The van der Waals surface area contributed by atoms with E-state index in [9.17, 15) is 4.79 Å². The third kappa shape index (κ3) is 2.66. The predicted octanol–water partition coefficient (Wildman–Crippen LogP) is 2.53. The summed E-state index contributed by atoms with van der Waals surface area (Å²) in [5, 5.41) is 2.81. The molecule has 1 heterocycles. The zero-order valence-corrected chi connectivity index (χ0v) is 10.4. The smallest absolute Gasteiger partial charge is 0.257 e. The van der Waals surface area contributed by atoms with Crippen molar-refractivity contribution in [1.82, 2.24) is 4.98 Å². The Morgan fingerprint density at radius 2 is 1.78 bits per heavy atom. The van der Waals surface area contributed by atoms with Crippen molar-refractivity contribution < 1.29 is 4.79 Å². The summed E-state index contributed by atoms with van der Waals surface area (Å²) in [5.74, 6) is -0.162. The third-order valence-corrected chi connectivity index (χ3v) is 2.64. The average Bonchev–Trinajstić information content (AvgIpc) is 2.32. The highest BCUT2D eigenvalue weighted by molar-refractivity contribution is 6.05. The molecule has 0 atom stereocenters. The Labute approximate surface area is 106 Å². The molecule has 4 heteroatoms. The number of anilines is 2. The van der Waals surface area contributed by atoms with E-state index in [0.29, 0.717) is 16.9 Å². The molecule has 1 aromatic heterocycles. The number of amides is 1. The number of aryl methyl sites for hydroxylation is 2. The molecular weight excluding hydrogens is 226 g/mol. The van der Waals surface area contributed by atoms with Crippen LogP contribution in [-0.4, -0.2) is 10.9 Å². The van der Waals surface area contributed by atoms with Crippen LogP contribution in [0.5, 0.6) is 0 Å². The van der Waals surface area contributed by atoms with Crippen molar-refractivity contribution in [2.45, 2.75) is 13.8 Å². The number of carbonyl (C=O) groups is 1. The summed E-state index contributed by atoms with van der Waals surface area (Å²) in [4.78, 5) is 16.3. The second-order valence-corrected chi connectivity index (χ2v) is 4.16. The second-order valence-electron chi connectivity index (χ2n) is 4.16. The lowest BCUT2D eigenvalue weighted by Crippen LogP contribution is -2.14. The summed E-state index contributed by atoms with van der Waals surface area (Å²) < 4.78 is 0. The number of hydrogen-bond donors (Lipinski definition) is 2. The van der Waals surface area contributed by atoms with E-state index in [2.05, 4.69) is 10.3 Å². The van der Waals surface area contributed by atoms with Gasteiger partial charge in [0.05, 0.1) is 11.3 Å². The normalized spacial score (nSPS) is 10.1. The van der Waals surface area contributed by atoms with Crippen LogP contribution in [0.2, 0.25) is 0 Å². The number of carbonyl (C=O) groups excluding carboxylic acids is 1. The molecule has 0 saturated carbocycles. The molecule has 2 rings (SSSR count). The molecule has 0 aliphatic rings. The van der Waals surface area contributed by atoms with E-state index in [-0.39, 0.29) is 5.91 Å². The Kier molecular flexibility index (Phi) is 3.28. The van der Waals surface area contributed by atoms with Crippen molar-refractivity contribution in [1.29, 1.82) is 0 Å². The molecule has 0 fully saturated rings. The minimum absolute atomic E-state index is 0.162. The van der Waals surface area contributed by atoms with Crippen molar-refractivity contribution in [2.24, 2.45) is 0 Å². The van der Waals surface area contributed by atoms with Crippen LogP contribution in [0.25, 0.3) is 0 Å². The number of pyridine rings is 1. The molecule has 0 saturated heterocycles. The van der Waals surface area contributed by atoms with Crippen LogP contribution in [0.15, 0.2) is 36.4 Å². The number of aromatic nitrogens is 1. The molecule has 0 spiro atoms. The summed E-state index contributed by atoms with van der Waals surface area (Å²) >= 11 is 0. The first-order valence-corrected chi connectivity index (χ1v) is 5.67. The summed E-state index contributed by atoms with van der Waals surface area (Å²) in [6, 6.07) is 10.6. The highest BCUT2D eigenvalue weighted by atomic mass is 16.1. The average molecular weight is 241 g/mol. The van der Waals surface area contributed by atoms with Gasteiger partial charge in [0.2, 0.25) is 0 Å². The maximum Gasteiger partial charge on any atom is 0.257 e. The Bertz CT molecular complexity index is 576. The Hall–Kier alpha value is -2.36. The largest absolute Gasteiger partial charge is 0.399 e. The SMILES string of the molecule is Cc1ccc(C(=O)Nc2ccc(N)cc2)c(C)n1. The fourth-order valence-corrected chi connectivity index (χ4v) is 1.69. The molecule has 0 unspecified atom stereocenters. The fraction of sp³-hybridized carbons (Fsp3) is 0.143. The molecule has 92 valence electrons. The lowest BCUT2D eigenvalue weighted by Gasteiger charge is -2.08. The van der Waals surface area contributed by atoms with Gasteiger partial charge in [-0.25, -0.2) is 0 Å². The van der Waals surface area contributed by atoms with Crippen molar-refractivity contribution in [3.63, 3.8) is 0 Å². The summed E-state index contributed by atoms with van der Waals surface area (Å²) in [5.41, 5.74) is 9.18. The standard InChI is InChI=1S/C14H15N3O/c1-9-3-8-13(10(2)16-9)14(18)17-12-6-4-11(15)5-7-12/h3-8H,15H2,1-2H3,(H,17,18). The molecule has 2 aromatic rings. The highest BCUT2D eigenvalue weighted by Gasteiger charge is 2.10. The molecule has 4 nitrogen and oxygen atoms in total. The monoisotopic (exact) mass is 241 g/mol. The van der Waals surface area contributed by atoms with Crippen LogP contribution in [-0.2, 0) is 0 Å². The van der Waals surface area contributed by atoms with Crippen LogP contribution in [0.3, 0.4) is 0 Å². The van der Waals surface area contributed by atoms with Gasteiger partial charge in [-0.2, -0.15) is 0 Å². The number of nitrogens with zero attached hydrogens (tertiary/aromatic N) is 1. The predicted molar refractivity (Wildman–Crippen MR) is 72.5 cm³/mol. The Morgan fingerprint density at radius 1 is 1.11 bits per heavy atom. The van der Waals surface area contributed by atoms with Crippen LogP contribution in [0.4, 0.5) is 11.4 Å². The van der Waals surface area contributed by atoms with Gasteiger partial charge in [0.25, 0.3) is 5.91 Å². The number of nitrogen functional groups attached to an aromatic ring is 1. The number of nitrogens with two attached hydrogens (primary N) is 1. The van der Waals surface area contributed by atoms with Crippen molar-refractivity contribution >= 4 is 17.3 Å². The summed E-state index contributed by atoms with van der Waals surface area (Å²) in [6.07, 6.45) is 0. The first-order chi connectivity index (χ1) is 8.56. The zero-order valence-electron chi connectivity index (χ0n) is 10.4. The van der Waals surface area contributed by atoms with Gasteiger partial charge in [-0.3, -0.25) is 9.78 Å². The minimum atomic E-state index is -0.162. The molecule has 18 heavy (non-hydrogen) atoms. The van der Waals surface area contributed by atoms with Crippen LogP contribution < -0.4 is 11.1 Å². The van der Waals surface area contributed by atoms with Crippen molar-refractivity contribution in [3.05, 3.63) is 53.3 Å². The number of nitrogens with one attached hydrogen (secondary N) is 1. The minimum Gasteiger partial charge on any atom is -0.399 e. The molecule has 0 aliphatic heterocycles. The van der Waals surface area contributed by atoms with Gasteiger partial charge in [0.15, 0.2) is 0 Å². The van der Waals surface area contributed by atoms with E-state index in [1.54, 1.807) is 30.3 Å². The second kappa shape index (κ2) is 4.87. The topological polar surface area (TPSA) is 68.0 Å². The fourth-order valence-electron chi connectivity index (χ4n) is 1.69. The van der Waals surface area contributed by atoms with E-state index in [1.807, 2.05) is 19.9 Å². The molecule has 0 aliphatic carbocycles.